The van der Waals surface area contributed by atoms with E-state index in [1.807, 2.05) is 13.8 Å². The van der Waals surface area contributed by atoms with Crippen LogP contribution in [0.1, 0.15) is 38.7 Å². The van der Waals surface area contributed by atoms with Gasteiger partial charge in [-0.05, 0) is 49.8 Å². The molecule has 0 bridgehead atoms. The predicted octanol–water partition coefficient (Wildman–Crippen LogP) is 1.16. The van der Waals surface area contributed by atoms with Gasteiger partial charge in [-0.15, -0.1) is 0 Å². The van der Waals surface area contributed by atoms with Crippen molar-refractivity contribution < 1.29 is 14.0 Å². The summed E-state index contributed by atoms with van der Waals surface area (Å²) in [5.41, 5.74) is 12.3. The molecule has 2 rings (SSSR count). The number of carbonyl (C=O) groups excluding carboxylic acids is 2. The lowest BCUT2D eigenvalue weighted by atomic mass is 10.0. The van der Waals surface area contributed by atoms with E-state index in [-0.39, 0.29) is 11.9 Å². The van der Waals surface area contributed by atoms with E-state index in [9.17, 15) is 14.4 Å². The number of hydrogen-bond acceptors (Lipinski definition) is 6. The van der Waals surface area contributed by atoms with Gasteiger partial charge in [-0.2, -0.15) is 0 Å². The molecule has 10 heteroatoms. The molecule has 1 aromatic heterocycles. The number of rotatable bonds is 10. The fourth-order valence-electron chi connectivity index (χ4n) is 3.32. The fraction of sp³-hybridized carbons (Fsp3) is 0.455. The first-order valence-electron chi connectivity index (χ1n) is 10.6. The van der Waals surface area contributed by atoms with E-state index in [0.717, 1.165) is 10.9 Å². The second kappa shape index (κ2) is 11.3. The van der Waals surface area contributed by atoms with Crippen molar-refractivity contribution in [2.75, 3.05) is 11.9 Å². The summed E-state index contributed by atoms with van der Waals surface area (Å²) in [5.74, 6) is -0.758. The first-order chi connectivity index (χ1) is 15.1. The SMILES string of the molecule is Cc1cc(=O)oc2cc(NC(=O)[C@H](CCCNC(=N)N)NC(=O)[C@@H](N)CC(C)C)ccc12. The Labute approximate surface area is 186 Å². The van der Waals surface area contributed by atoms with Gasteiger partial charge in [0.2, 0.25) is 11.8 Å². The zero-order valence-electron chi connectivity index (χ0n) is 18.7. The van der Waals surface area contributed by atoms with Crippen molar-refractivity contribution in [3.05, 3.63) is 40.2 Å². The van der Waals surface area contributed by atoms with Crippen LogP contribution in [-0.4, -0.2) is 36.4 Å². The van der Waals surface area contributed by atoms with E-state index < -0.39 is 29.5 Å². The molecular weight excluding hydrogens is 412 g/mol. The summed E-state index contributed by atoms with van der Waals surface area (Å²) >= 11 is 0. The zero-order valence-corrected chi connectivity index (χ0v) is 18.7. The normalized spacial score (nSPS) is 12.9. The minimum Gasteiger partial charge on any atom is -0.423 e. The maximum atomic E-state index is 12.9. The zero-order chi connectivity index (χ0) is 23.8. The van der Waals surface area contributed by atoms with Gasteiger partial charge in [0.1, 0.15) is 11.6 Å². The second-order valence-electron chi connectivity index (χ2n) is 8.23. The van der Waals surface area contributed by atoms with Crippen molar-refractivity contribution in [1.29, 1.82) is 5.41 Å². The first kappa shape index (κ1) is 24.9. The molecule has 0 aliphatic carbocycles. The molecule has 2 atom stereocenters. The van der Waals surface area contributed by atoms with Gasteiger partial charge in [0.25, 0.3) is 0 Å². The number of fused-ring (bicyclic) bond motifs is 1. The van der Waals surface area contributed by atoms with Crippen molar-refractivity contribution in [1.82, 2.24) is 10.6 Å². The Morgan fingerprint density at radius 3 is 2.56 bits per heavy atom. The number of carbonyl (C=O) groups is 2. The van der Waals surface area contributed by atoms with Gasteiger partial charge in [-0.25, -0.2) is 4.79 Å². The van der Waals surface area contributed by atoms with E-state index in [4.69, 9.17) is 21.3 Å². The molecule has 0 aliphatic rings. The third kappa shape index (κ3) is 7.38. The Kier molecular flexibility index (Phi) is 8.77. The molecule has 0 unspecified atom stereocenters. The van der Waals surface area contributed by atoms with Gasteiger partial charge in [0, 0.05) is 29.8 Å². The molecule has 10 nitrogen and oxygen atoms in total. The second-order valence-corrected chi connectivity index (χ2v) is 8.23. The van der Waals surface area contributed by atoms with Gasteiger partial charge < -0.3 is 31.8 Å². The average molecular weight is 445 g/mol. The van der Waals surface area contributed by atoms with Gasteiger partial charge >= 0.3 is 5.63 Å². The van der Waals surface area contributed by atoms with Crippen LogP contribution < -0.4 is 33.0 Å². The van der Waals surface area contributed by atoms with Crippen molar-refractivity contribution >= 4 is 34.4 Å². The fourth-order valence-corrected chi connectivity index (χ4v) is 3.32. The third-order valence-electron chi connectivity index (χ3n) is 4.90. The monoisotopic (exact) mass is 444 g/mol. The molecule has 1 heterocycles. The number of nitrogens with two attached hydrogens (primary N) is 2. The lowest BCUT2D eigenvalue weighted by molar-refractivity contribution is -0.127. The van der Waals surface area contributed by atoms with Crippen LogP contribution in [0.4, 0.5) is 5.69 Å². The summed E-state index contributed by atoms with van der Waals surface area (Å²) in [7, 11) is 0. The molecule has 0 saturated carbocycles. The van der Waals surface area contributed by atoms with Crippen LogP contribution in [0.2, 0.25) is 0 Å². The summed E-state index contributed by atoms with van der Waals surface area (Å²) in [5, 5.41) is 16.1. The van der Waals surface area contributed by atoms with Crippen molar-refractivity contribution in [2.24, 2.45) is 17.4 Å². The molecule has 8 N–H and O–H groups in total. The van der Waals surface area contributed by atoms with Crippen molar-refractivity contribution in [3.63, 3.8) is 0 Å². The maximum Gasteiger partial charge on any atom is 0.336 e. The molecule has 0 fully saturated rings. The maximum absolute atomic E-state index is 12.9. The van der Waals surface area contributed by atoms with Gasteiger partial charge in [-0.3, -0.25) is 15.0 Å². The Morgan fingerprint density at radius 2 is 1.91 bits per heavy atom. The van der Waals surface area contributed by atoms with Crippen molar-refractivity contribution in [2.45, 2.75) is 52.1 Å². The highest BCUT2D eigenvalue weighted by Gasteiger charge is 2.24. The lowest BCUT2D eigenvalue weighted by Crippen LogP contribution is -2.50. The summed E-state index contributed by atoms with van der Waals surface area (Å²) in [6, 6.07) is 4.87. The van der Waals surface area contributed by atoms with Crippen LogP contribution in [0, 0.1) is 18.3 Å². The Hall–Kier alpha value is -3.40. The first-order valence-corrected chi connectivity index (χ1v) is 10.6. The van der Waals surface area contributed by atoms with Crippen LogP contribution in [0.25, 0.3) is 11.0 Å². The van der Waals surface area contributed by atoms with Crippen LogP contribution in [-0.2, 0) is 9.59 Å². The summed E-state index contributed by atoms with van der Waals surface area (Å²) in [6.07, 6.45) is 1.30. The lowest BCUT2D eigenvalue weighted by Gasteiger charge is -2.21. The van der Waals surface area contributed by atoms with E-state index in [1.165, 1.54) is 6.07 Å². The molecule has 32 heavy (non-hydrogen) atoms. The van der Waals surface area contributed by atoms with Crippen molar-refractivity contribution in [3.8, 4) is 0 Å². The summed E-state index contributed by atoms with van der Waals surface area (Å²) in [6.45, 7) is 6.11. The molecule has 0 saturated heterocycles. The minimum atomic E-state index is -0.838. The number of aryl methyl sites for hydroxylation is 1. The third-order valence-corrected chi connectivity index (χ3v) is 4.90. The Bertz CT molecular complexity index is 1030. The van der Waals surface area contributed by atoms with Crippen LogP contribution >= 0.6 is 0 Å². The molecule has 0 aliphatic heterocycles. The van der Waals surface area contributed by atoms with Crippen LogP contribution in [0.15, 0.2) is 33.5 Å². The van der Waals surface area contributed by atoms with Gasteiger partial charge in [0.15, 0.2) is 5.96 Å². The van der Waals surface area contributed by atoms with Crippen LogP contribution in [0.3, 0.4) is 0 Å². The topological polar surface area (TPSA) is 176 Å². The van der Waals surface area contributed by atoms with E-state index in [2.05, 4.69) is 16.0 Å². The molecule has 0 radical (unpaired) electrons. The summed E-state index contributed by atoms with van der Waals surface area (Å²) < 4.78 is 5.23. The summed E-state index contributed by atoms with van der Waals surface area (Å²) in [4.78, 5) is 37.1. The number of benzene rings is 1. The van der Waals surface area contributed by atoms with Gasteiger partial charge in [0.05, 0.1) is 6.04 Å². The van der Waals surface area contributed by atoms with E-state index >= 15 is 0 Å². The molecule has 174 valence electrons. The highest BCUT2D eigenvalue weighted by atomic mass is 16.4. The number of anilines is 1. The molecule has 2 amide bonds. The van der Waals surface area contributed by atoms with E-state index in [0.29, 0.717) is 37.1 Å². The number of guanidine groups is 1. The quantitative estimate of drug-likeness (QED) is 0.138. The average Bonchev–Trinajstić information content (AvgIpc) is 2.68. The predicted molar refractivity (Wildman–Crippen MR) is 124 cm³/mol. The molecule has 0 spiro atoms. The Balaban J connectivity index is 2.14. The Morgan fingerprint density at radius 1 is 1.19 bits per heavy atom. The number of nitrogens with one attached hydrogen (secondary N) is 4. The highest BCUT2D eigenvalue weighted by Crippen LogP contribution is 2.21. The minimum absolute atomic E-state index is 0.165. The molecule has 1 aromatic carbocycles. The highest BCUT2D eigenvalue weighted by molar-refractivity contribution is 5.99. The molecular formula is C22H32N6O4. The standard InChI is InChI=1S/C22H32N6O4/c1-12(2)9-16(23)20(30)28-17(5-4-8-26-22(24)25)21(31)27-14-6-7-15-13(3)10-19(29)32-18(15)11-14/h6-7,10-12,16-17H,4-5,8-9,23H2,1-3H3,(H,27,31)(H,28,30)(H4,24,25,26)/t16-,17-/m0/s1. The molecule has 2 aromatic rings. The largest absolute Gasteiger partial charge is 0.423 e. The van der Waals surface area contributed by atoms with E-state index in [1.54, 1.807) is 25.1 Å². The smallest absolute Gasteiger partial charge is 0.336 e. The number of hydrogen-bond donors (Lipinski definition) is 6. The van der Waals surface area contributed by atoms with Gasteiger partial charge in [-0.1, -0.05) is 13.8 Å². The van der Waals surface area contributed by atoms with Crippen LogP contribution in [0.5, 0.6) is 0 Å². The number of amides is 2.